The predicted molar refractivity (Wildman–Crippen MR) is 83.8 cm³/mol. The van der Waals surface area contributed by atoms with Crippen molar-refractivity contribution in [1.29, 1.82) is 0 Å². The van der Waals surface area contributed by atoms with Crippen LogP contribution >= 0.6 is 11.3 Å². The van der Waals surface area contributed by atoms with Crippen LogP contribution in [0, 0.1) is 0 Å². The second-order valence-corrected chi connectivity index (χ2v) is 7.33. The number of rotatable bonds is 8. The molecule has 2 aromatic rings. The normalized spacial score (nSPS) is 13.4. The van der Waals surface area contributed by atoms with E-state index in [1.165, 1.54) is 6.20 Å². The lowest BCUT2D eigenvalue weighted by Gasteiger charge is -2.14. The van der Waals surface area contributed by atoms with Gasteiger partial charge in [0.25, 0.3) is 0 Å². The van der Waals surface area contributed by atoms with Crippen molar-refractivity contribution in [2.24, 2.45) is 0 Å². The number of nitrogens with one attached hydrogen (secondary N) is 2. The lowest BCUT2D eigenvalue weighted by atomic mass is 10.2. The highest BCUT2D eigenvalue weighted by molar-refractivity contribution is 7.89. The highest BCUT2D eigenvalue weighted by atomic mass is 32.2. The highest BCUT2D eigenvalue weighted by Gasteiger charge is 2.22. The Labute approximate surface area is 129 Å². The lowest BCUT2D eigenvalue weighted by molar-refractivity contribution is 0.552. The SMILES string of the molecule is CCC(NS(=O)(=O)c1cnn(CCNC)c1)c1cccs1. The summed E-state index contributed by atoms with van der Waals surface area (Å²) in [5, 5.41) is 9.02. The van der Waals surface area contributed by atoms with Crippen molar-refractivity contribution in [2.75, 3.05) is 13.6 Å². The van der Waals surface area contributed by atoms with Crippen LogP contribution in [0.2, 0.25) is 0 Å². The fourth-order valence-corrected chi connectivity index (χ4v) is 4.11. The first kappa shape index (κ1) is 16.2. The third-order valence-corrected chi connectivity index (χ3v) is 5.52. The average molecular weight is 328 g/mol. The number of thiophene rings is 1. The Hall–Kier alpha value is -1.22. The maximum Gasteiger partial charge on any atom is 0.244 e. The van der Waals surface area contributed by atoms with Gasteiger partial charge in [-0.3, -0.25) is 4.68 Å². The van der Waals surface area contributed by atoms with Crippen LogP contribution < -0.4 is 10.0 Å². The Balaban J connectivity index is 2.12. The minimum absolute atomic E-state index is 0.198. The first-order chi connectivity index (χ1) is 10.1. The molecule has 0 aliphatic rings. The molecular formula is C13H20N4O2S2. The van der Waals surface area contributed by atoms with Crippen LogP contribution in [-0.2, 0) is 16.6 Å². The molecule has 0 spiro atoms. The lowest BCUT2D eigenvalue weighted by Crippen LogP contribution is -2.27. The van der Waals surface area contributed by atoms with E-state index in [1.807, 2.05) is 31.5 Å². The Kier molecular flexibility index (Phi) is 5.51. The Bertz CT molecular complexity index is 650. The van der Waals surface area contributed by atoms with Crippen molar-refractivity contribution in [1.82, 2.24) is 19.8 Å². The number of nitrogens with zero attached hydrogens (tertiary/aromatic N) is 2. The zero-order valence-corrected chi connectivity index (χ0v) is 13.7. The van der Waals surface area contributed by atoms with E-state index in [-0.39, 0.29) is 10.9 Å². The molecule has 2 aromatic heterocycles. The molecule has 0 saturated heterocycles. The van der Waals surface area contributed by atoms with Crippen molar-refractivity contribution >= 4 is 21.4 Å². The molecule has 6 nitrogen and oxygen atoms in total. The van der Waals surface area contributed by atoms with Gasteiger partial charge < -0.3 is 5.32 Å². The quantitative estimate of drug-likeness (QED) is 0.772. The van der Waals surface area contributed by atoms with Gasteiger partial charge in [0.15, 0.2) is 0 Å². The molecule has 21 heavy (non-hydrogen) atoms. The molecule has 2 rings (SSSR count). The molecule has 0 radical (unpaired) electrons. The van der Waals surface area contributed by atoms with E-state index in [9.17, 15) is 8.42 Å². The summed E-state index contributed by atoms with van der Waals surface area (Å²) in [5.74, 6) is 0. The third-order valence-electron chi connectivity index (χ3n) is 3.10. The van der Waals surface area contributed by atoms with E-state index in [4.69, 9.17) is 0 Å². The topological polar surface area (TPSA) is 76.0 Å². The van der Waals surface area contributed by atoms with Gasteiger partial charge in [-0.2, -0.15) is 5.10 Å². The predicted octanol–water partition coefficient (Wildman–Crippen LogP) is 1.59. The molecule has 0 amide bonds. The smallest absolute Gasteiger partial charge is 0.244 e. The largest absolute Gasteiger partial charge is 0.318 e. The number of hydrogen-bond acceptors (Lipinski definition) is 5. The maximum absolute atomic E-state index is 12.4. The summed E-state index contributed by atoms with van der Waals surface area (Å²) >= 11 is 1.55. The zero-order chi connectivity index (χ0) is 15.3. The van der Waals surface area contributed by atoms with Gasteiger partial charge in [-0.25, -0.2) is 13.1 Å². The van der Waals surface area contributed by atoms with E-state index in [1.54, 1.807) is 22.2 Å². The third kappa shape index (κ3) is 4.13. The van der Waals surface area contributed by atoms with Gasteiger partial charge in [-0.15, -0.1) is 11.3 Å². The second kappa shape index (κ2) is 7.17. The van der Waals surface area contributed by atoms with Crippen LogP contribution in [0.1, 0.15) is 24.3 Å². The van der Waals surface area contributed by atoms with Crippen molar-refractivity contribution in [3.63, 3.8) is 0 Å². The summed E-state index contributed by atoms with van der Waals surface area (Å²) in [4.78, 5) is 1.22. The molecule has 0 aliphatic heterocycles. The molecule has 116 valence electrons. The van der Waals surface area contributed by atoms with Crippen molar-refractivity contribution in [3.8, 4) is 0 Å². The van der Waals surface area contributed by atoms with Crippen LogP contribution in [0.4, 0.5) is 0 Å². The Morgan fingerprint density at radius 2 is 2.29 bits per heavy atom. The molecule has 1 atom stereocenters. The zero-order valence-electron chi connectivity index (χ0n) is 12.1. The Morgan fingerprint density at radius 1 is 1.48 bits per heavy atom. The maximum atomic E-state index is 12.4. The van der Waals surface area contributed by atoms with E-state index in [2.05, 4.69) is 15.1 Å². The fourth-order valence-electron chi connectivity index (χ4n) is 1.92. The van der Waals surface area contributed by atoms with Gasteiger partial charge in [0.05, 0.1) is 18.8 Å². The van der Waals surface area contributed by atoms with Gasteiger partial charge in [0.1, 0.15) is 4.90 Å². The van der Waals surface area contributed by atoms with Crippen LogP contribution in [0.5, 0.6) is 0 Å². The van der Waals surface area contributed by atoms with E-state index in [0.29, 0.717) is 13.0 Å². The van der Waals surface area contributed by atoms with Crippen molar-refractivity contribution < 1.29 is 8.42 Å². The van der Waals surface area contributed by atoms with E-state index < -0.39 is 10.0 Å². The van der Waals surface area contributed by atoms with Crippen LogP contribution in [-0.4, -0.2) is 31.8 Å². The van der Waals surface area contributed by atoms with E-state index in [0.717, 1.165) is 11.4 Å². The number of aromatic nitrogens is 2. The Morgan fingerprint density at radius 3 is 2.90 bits per heavy atom. The van der Waals surface area contributed by atoms with Crippen molar-refractivity contribution in [2.45, 2.75) is 30.8 Å². The monoisotopic (exact) mass is 328 g/mol. The first-order valence-corrected chi connectivity index (χ1v) is 9.16. The van der Waals surface area contributed by atoms with Gasteiger partial charge in [0.2, 0.25) is 10.0 Å². The number of likely N-dealkylation sites (N-methyl/N-ethyl adjacent to an activating group) is 1. The molecule has 0 bridgehead atoms. The van der Waals surface area contributed by atoms with Gasteiger partial charge in [-0.1, -0.05) is 13.0 Å². The van der Waals surface area contributed by atoms with Gasteiger partial charge >= 0.3 is 0 Å². The molecule has 1 unspecified atom stereocenters. The summed E-state index contributed by atoms with van der Waals surface area (Å²) in [6.07, 6.45) is 3.65. The average Bonchev–Trinajstić information content (AvgIpc) is 3.13. The minimum atomic E-state index is -3.55. The standard InChI is InChI=1S/C13H20N4O2S2/c1-3-12(13-5-4-8-20-13)16-21(18,19)11-9-15-17(10-11)7-6-14-2/h4-5,8-10,12,14,16H,3,6-7H2,1-2H3. The summed E-state index contributed by atoms with van der Waals surface area (Å²) in [6, 6.07) is 3.67. The molecular weight excluding hydrogens is 308 g/mol. The summed E-state index contributed by atoms with van der Waals surface area (Å²) < 4.78 is 29.2. The fraction of sp³-hybridized carbons (Fsp3) is 0.462. The molecule has 8 heteroatoms. The molecule has 0 fully saturated rings. The van der Waals surface area contributed by atoms with Crippen LogP contribution in [0.15, 0.2) is 34.8 Å². The molecule has 0 aromatic carbocycles. The van der Waals surface area contributed by atoms with Gasteiger partial charge in [-0.05, 0) is 24.9 Å². The number of hydrogen-bond donors (Lipinski definition) is 2. The molecule has 0 aliphatic carbocycles. The minimum Gasteiger partial charge on any atom is -0.318 e. The van der Waals surface area contributed by atoms with Crippen LogP contribution in [0.3, 0.4) is 0 Å². The first-order valence-electron chi connectivity index (χ1n) is 6.79. The van der Waals surface area contributed by atoms with Gasteiger partial charge in [0, 0.05) is 17.6 Å². The van der Waals surface area contributed by atoms with Crippen molar-refractivity contribution in [3.05, 3.63) is 34.8 Å². The second-order valence-electron chi connectivity index (χ2n) is 4.64. The summed E-state index contributed by atoms with van der Waals surface area (Å²) in [6.45, 7) is 3.33. The summed E-state index contributed by atoms with van der Waals surface area (Å²) in [7, 11) is -1.71. The summed E-state index contributed by atoms with van der Waals surface area (Å²) in [5.41, 5.74) is 0. The van der Waals surface area contributed by atoms with Crippen LogP contribution in [0.25, 0.3) is 0 Å². The van der Waals surface area contributed by atoms with E-state index >= 15 is 0 Å². The number of sulfonamides is 1. The molecule has 2 N–H and O–H groups in total. The molecule has 0 saturated carbocycles. The highest BCUT2D eigenvalue weighted by Crippen LogP contribution is 2.23. The molecule has 2 heterocycles.